The number of hydrogen-bond donors (Lipinski definition) is 1. The van der Waals surface area contributed by atoms with Gasteiger partial charge in [-0.2, -0.15) is 0 Å². The number of aromatic nitrogens is 2. The zero-order valence-corrected chi connectivity index (χ0v) is 11.2. The van der Waals surface area contributed by atoms with E-state index >= 15 is 0 Å². The number of fused-ring (bicyclic) bond motifs is 1. The molecule has 0 spiro atoms. The maximum absolute atomic E-state index is 11.5. The first-order valence-corrected chi connectivity index (χ1v) is 6.08. The van der Waals surface area contributed by atoms with Crippen LogP contribution in [0.25, 0.3) is 11.0 Å². The Morgan fingerprint density at radius 3 is 2.56 bits per heavy atom. The molecule has 4 heteroatoms. The smallest absolute Gasteiger partial charge is 0.329 e. The van der Waals surface area contributed by atoms with Crippen LogP contribution in [0.2, 0.25) is 0 Å². The molecule has 0 amide bonds. The lowest BCUT2D eigenvalue weighted by molar-refractivity contribution is -0.146. The summed E-state index contributed by atoms with van der Waals surface area (Å²) >= 11 is 0. The number of hydrogen-bond acceptors (Lipinski definition) is 2. The molecule has 1 heterocycles. The number of carboxylic acids is 1. The van der Waals surface area contributed by atoms with Crippen molar-refractivity contribution in [2.24, 2.45) is 0 Å². The summed E-state index contributed by atoms with van der Waals surface area (Å²) < 4.78 is 1.76. The van der Waals surface area contributed by atoms with Crippen molar-refractivity contribution < 1.29 is 9.90 Å². The van der Waals surface area contributed by atoms with E-state index in [9.17, 15) is 9.90 Å². The summed E-state index contributed by atoms with van der Waals surface area (Å²) in [5.41, 5.74) is 3.09. The number of benzene rings is 1. The molecule has 0 bridgehead atoms. The van der Waals surface area contributed by atoms with Crippen LogP contribution in [0, 0.1) is 13.8 Å². The summed E-state index contributed by atoms with van der Waals surface area (Å²) in [6, 6.07) is 4.01. The van der Waals surface area contributed by atoms with E-state index in [2.05, 4.69) is 4.98 Å². The van der Waals surface area contributed by atoms with Crippen molar-refractivity contribution in [3.8, 4) is 0 Å². The number of imidazole rings is 1. The van der Waals surface area contributed by atoms with E-state index in [-0.39, 0.29) is 0 Å². The van der Waals surface area contributed by atoms with Crippen LogP contribution in [-0.2, 0) is 10.3 Å². The van der Waals surface area contributed by atoms with E-state index in [0.29, 0.717) is 6.42 Å². The fourth-order valence-electron chi connectivity index (χ4n) is 2.08. The van der Waals surface area contributed by atoms with E-state index in [1.54, 1.807) is 17.8 Å². The molecule has 0 saturated carbocycles. The minimum absolute atomic E-state index is 0.515. The van der Waals surface area contributed by atoms with Crippen LogP contribution in [0.1, 0.15) is 31.4 Å². The second-order valence-electron chi connectivity index (χ2n) is 4.97. The lowest BCUT2D eigenvalue weighted by atomic mass is 9.98. The van der Waals surface area contributed by atoms with Crippen molar-refractivity contribution in [2.75, 3.05) is 0 Å². The molecule has 1 atom stereocenters. The SMILES string of the molecule is CCC(C)(C(=O)O)n1cnc2cc(C)c(C)cc21. The standard InChI is InChI=1S/C14H18N2O2/c1-5-14(4,13(17)18)16-8-15-11-6-9(2)10(3)7-12(11)16/h6-8H,5H2,1-4H3,(H,17,18). The lowest BCUT2D eigenvalue weighted by Crippen LogP contribution is -2.37. The van der Waals surface area contributed by atoms with E-state index in [1.165, 1.54) is 5.56 Å². The molecule has 1 aromatic carbocycles. The van der Waals surface area contributed by atoms with Crippen LogP contribution in [0.4, 0.5) is 0 Å². The molecule has 0 aliphatic heterocycles. The highest BCUT2D eigenvalue weighted by Gasteiger charge is 2.34. The van der Waals surface area contributed by atoms with Gasteiger partial charge in [0.1, 0.15) is 5.54 Å². The predicted octanol–water partition coefficient (Wildman–Crippen LogP) is 2.86. The Morgan fingerprint density at radius 1 is 1.39 bits per heavy atom. The second-order valence-corrected chi connectivity index (χ2v) is 4.97. The van der Waals surface area contributed by atoms with Crippen LogP contribution in [0.5, 0.6) is 0 Å². The predicted molar refractivity (Wildman–Crippen MR) is 70.8 cm³/mol. The largest absolute Gasteiger partial charge is 0.479 e. The van der Waals surface area contributed by atoms with Crippen molar-refractivity contribution in [2.45, 2.75) is 39.7 Å². The summed E-state index contributed by atoms with van der Waals surface area (Å²) in [5.74, 6) is -0.831. The monoisotopic (exact) mass is 246 g/mol. The summed E-state index contributed by atoms with van der Waals surface area (Å²) in [6.07, 6.45) is 2.14. The molecule has 0 aliphatic rings. The van der Waals surface area contributed by atoms with Crippen LogP contribution in [0.3, 0.4) is 0 Å². The molecule has 0 saturated heterocycles. The highest BCUT2D eigenvalue weighted by atomic mass is 16.4. The van der Waals surface area contributed by atoms with Gasteiger partial charge in [-0.3, -0.25) is 0 Å². The van der Waals surface area contributed by atoms with Crippen molar-refractivity contribution >= 4 is 17.0 Å². The number of carbonyl (C=O) groups is 1. The third-order valence-corrected chi connectivity index (χ3v) is 3.84. The molecule has 1 unspecified atom stereocenters. The molecule has 96 valence electrons. The maximum Gasteiger partial charge on any atom is 0.329 e. The van der Waals surface area contributed by atoms with E-state index in [4.69, 9.17) is 0 Å². The molecule has 2 rings (SSSR count). The van der Waals surface area contributed by atoms with Gasteiger partial charge < -0.3 is 9.67 Å². The average Bonchev–Trinajstić information content (AvgIpc) is 2.72. The Bertz CT molecular complexity index is 616. The summed E-state index contributed by atoms with van der Waals surface area (Å²) in [6.45, 7) is 7.66. The van der Waals surface area contributed by atoms with Crippen molar-refractivity contribution in [3.05, 3.63) is 29.6 Å². The average molecular weight is 246 g/mol. The number of aryl methyl sites for hydroxylation is 2. The minimum atomic E-state index is -0.948. The van der Waals surface area contributed by atoms with Crippen molar-refractivity contribution in [3.63, 3.8) is 0 Å². The topological polar surface area (TPSA) is 55.1 Å². The molecule has 0 radical (unpaired) electrons. The van der Waals surface area contributed by atoms with E-state index in [0.717, 1.165) is 16.6 Å². The lowest BCUT2D eigenvalue weighted by Gasteiger charge is -2.25. The van der Waals surface area contributed by atoms with Gasteiger partial charge in [0.05, 0.1) is 17.4 Å². The van der Waals surface area contributed by atoms with Gasteiger partial charge >= 0.3 is 5.97 Å². The number of carboxylic acid groups (broad SMARTS) is 1. The Hall–Kier alpha value is -1.84. The first-order chi connectivity index (χ1) is 8.40. The molecule has 18 heavy (non-hydrogen) atoms. The molecular weight excluding hydrogens is 228 g/mol. The number of nitrogens with zero attached hydrogens (tertiary/aromatic N) is 2. The first kappa shape index (κ1) is 12.6. The van der Waals surface area contributed by atoms with E-state index in [1.807, 2.05) is 32.9 Å². The highest BCUT2D eigenvalue weighted by Crippen LogP contribution is 2.27. The minimum Gasteiger partial charge on any atom is -0.479 e. The van der Waals surface area contributed by atoms with E-state index < -0.39 is 11.5 Å². The number of aliphatic carboxylic acids is 1. The molecule has 4 nitrogen and oxygen atoms in total. The van der Waals surface area contributed by atoms with Gasteiger partial charge in [0.2, 0.25) is 0 Å². The van der Waals surface area contributed by atoms with Gasteiger partial charge in [-0.05, 0) is 50.5 Å². The van der Waals surface area contributed by atoms with Crippen LogP contribution in [-0.4, -0.2) is 20.6 Å². The fraction of sp³-hybridized carbons (Fsp3) is 0.429. The Morgan fingerprint density at radius 2 is 2.00 bits per heavy atom. The van der Waals surface area contributed by atoms with Gasteiger partial charge in [-0.25, -0.2) is 9.78 Å². The zero-order valence-electron chi connectivity index (χ0n) is 11.2. The molecule has 0 aliphatic carbocycles. The Labute approximate surface area is 106 Å². The van der Waals surface area contributed by atoms with Gasteiger partial charge in [0.15, 0.2) is 0 Å². The fourth-order valence-corrected chi connectivity index (χ4v) is 2.08. The molecular formula is C14H18N2O2. The quantitative estimate of drug-likeness (QED) is 0.906. The third-order valence-electron chi connectivity index (χ3n) is 3.84. The van der Waals surface area contributed by atoms with Gasteiger partial charge in [-0.15, -0.1) is 0 Å². The second kappa shape index (κ2) is 4.12. The maximum atomic E-state index is 11.5. The van der Waals surface area contributed by atoms with Crippen LogP contribution in [0.15, 0.2) is 18.5 Å². The summed E-state index contributed by atoms with van der Waals surface area (Å²) in [7, 11) is 0. The van der Waals surface area contributed by atoms with Crippen molar-refractivity contribution in [1.82, 2.24) is 9.55 Å². The molecule has 0 fully saturated rings. The molecule has 1 aromatic heterocycles. The molecule has 2 aromatic rings. The number of rotatable bonds is 3. The first-order valence-electron chi connectivity index (χ1n) is 6.08. The molecule has 1 N–H and O–H groups in total. The van der Waals surface area contributed by atoms with Gasteiger partial charge in [-0.1, -0.05) is 6.92 Å². The summed E-state index contributed by atoms with van der Waals surface area (Å²) in [5, 5.41) is 9.44. The third kappa shape index (κ3) is 1.68. The van der Waals surface area contributed by atoms with Gasteiger partial charge in [0, 0.05) is 0 Å². The van der Waals surface area contributed by atoms with Gasteiger partial charge in [0.25, 0.3) is 0 Å². The van der Waals surface area contributed by atoms with Crippen molar-refractivity contribution in [1.29, 1.82) is 0 Å². The normalized spacial score (nSPS) is 14.7. The Balaban J connectivity index is 2.73. The Kier molecular flexibility index (Phi) is 2.89. The highest BCUT2D eigenvalue weighted by molar-refractivity contribution is 5.83. The zero-order chi connectivity index (χ0) is 13.5. The summed E-state index contributed by atoms with van der Waals surface area (Å²) in [4.78, 5) is 15.8. The van der Waals surface area contributed by atoms with Crippen LogP contribution < -0.4 is 0 Å². The van der Waals surface area contributed by atoms with Crippen LogP contribution >= 0.6 is 0 Å².